The van der Waals surface area contributed by atoms with Crippen LogP contribution in [0.3, 0.4) is 0 Å². The zero-order valence-electron chi connectivity index (χ0n) is 12.7. The van der Waals surface area contributed by atoms with E-state index < -0.39 is 0 Å². The number of nitrogens with one attached hydrogen (secondary N) is 1. The van der Waals surface area contributed by atoms with Crippen molar-refractivity contribution in [2.24, 2.45) is 11.7 Å². The van der Waals surface area contributed by atoms with Crippen molar-refractivity contribution in [1.82, 2.24) is 0 Å². The van der Waals surface area contributed by atoms with Crippen molar-refractivity contribution < 1.29 is 4.79 Å². The molecule has 0 fully saturated rings. The van der Waals surface area contributed by atoms with E-state index >= 15 is 0 Å². The molecular formula is C16H23N3OS. The Hall–Kier alpha value is -1.38. The van der Waals surface area contributed by atoms with Crippen molar-refractivity contribution in [3.05, 3.63) is 16.0 Å². The molecule has 0 spiro atoms. The van der Waals surface area contributed by atoms with Crippen LogP contribution < -0.4 is 11.1 Å². The fourth-order valence-corrected chi connectivity index (χ4v) is 3.97. The largest absolute Gasteiger partial charge is 0.328 e. The van der Waals surface area contributed by atoms with Gasteiger partial charge in [0.1, 0.15) is 11.1 Å². The molecule has 5 heteroatoms. The predicted octanol–water partition coefficient (Wildman–Crippen LogP) is 3.20. The van der Waals surface area contributed by atoms with E-state index in [2.05, 4.69) is 11.4 Å². The molecule has 2 atom stereocenters. The summed E-state index contributed by atoms with van der Waals surface area (Å²) in [6.07, 6.45) is 5.85. The molecule has 21 heavy (non-hydrogen) atoms. The molecule has 1 aromatic rings. The van der Waals surface area contributed by atoms with E-state index in [9.17, 15) is 10.1 Å². The number of carbonyl (C=O) groups excluding carboxylic acids is 1. The van der Waals surface area contributed by atoms with E-state index in [1.54, 1.807) is 11.3 Å². The van der Waals surface area contributed by atoms with Crippen LogP contribution in [-0.4, -0.2) is 11.9 Å². The van der Waals surface area contributed by atoms with Crippen molar-refractivity contribution in [2.75, 3.05) is 5.32 Å². The minimum absolute atomic E-state index is 0.0103. The van der Waals surface area contributed by atoms with Gasteiger partial charge in [0, 0.05) is 16.8 Å². The van der Waals surface area contributed by atoms with Crippen LogP contribution in [0.5, 0.6) is 0 Å². The number of hydrogen-bond donors (Lipinski definition) is 2. The van der Waals surface area contributed by atoms with Gasteiger partial charge in [-0.3, -0.25) is 4.79 Å². The number of thiophene rings is 1. The first-order valence-electron chi connectivity index (χ1n) is 7.64. The van der Waals surface area contributed by atoms with Crippen LogP contribution in [0.2, 0.25) is 0 Å². The first-order chi connectivity index (χ1) is 10.0. The Kier molecular flexibility index (Phi) is 5.38. The number of carbonyl (C=O) groups is 1. The molecule has 1 aliphatic rings. The van der Waals surface area contributed by atoms with Crippen molar-refractivity contribution in [1.29, 1.82) is 5.26 Å². The van der Waals surface area contributed by atoms with Gasteiger partial charge in [0.2, 0.25) is 5.91 Å². The van der Waals surface area contributed by atoms with Crippen LogP contribution in [0.1, 0.15) is 55.5 Å². The standard InChI is InChI=1S/C16H23N3OS/c1-10(5-3-6-11(2)18)15(20)19-16-13(9-17)12-7-4-8-14(12)21-16/h10-11H,3-8,18H2,1-2H3,(H,19,20). The quantitative estimate of drug-likeness (QED) is 0.847. The minimum atomic E-state index is -0.0489. The molecule has 0 saturated heterocycles. The third kappa shape index (κ3) is 3.84. The lowest BCUT2D eigenvalue weighted by Gasteiger charge is -2.12. The number of amides is 1. The normalized spacial score (nSPS) is 16.1. The maximum absolute atomic E-state index is 12.2. The van der Waals surface area contributed by atoms with Gasteiger partial charge in [0.25, 0.3) is 0 Å². The molecule has 2 unspecified atom stereocenters. The van der Waals surface area contributed by atoms with Crippen LogP contribution >= 0.6 is 11.3 Å². The zero-order valence-corrected chi connectivity index (χ0v) is 13.6. The Morgan fingerprint density at radius 1 is 1.43 bits per heavy atom. The highest BCUT2D eigenvalue weighted by Gasteiger charge is 2.24. The fourth-order valence-electron chi connectivity index (χ4n) is 2.72. The molecule has 0 aromatic carbocycles. The third-order valence-electron chi connectivity index (χ3n) is 4.01. The second-order valence-corrected chi connectivity index (χ2v) is 7.08. The van der Waals surface area contributed by atoms with E-state index in [1.807, 2.05) is 13.8 Å². The Morgan fingerprint density at radius 3 is 2.86 bits per heavy atom. The molecule has 0 saturated carbocycles. The molecule has 2 rings (SSSR count). The lowest BCUT2D eigenvalue weighted by atomic mass is 10.0. The van der Waals surface area contributed by atoms with E-state index in [1.165, 1.54) is 4.88 Å². The number of anilines is 1. The highest BCUT2D eigenvalue weighted by Crippen LogP contribution is 2.38. The molecule has 1 aliphatic carbocycles. The van der Waals surface area contributed by atoms with Crippen LogP contribution in [-0.2, 0) is 17.6 Å². The Morgan fingerprint density at radius 2 is 2.19 bits per heavy atom. The number of nitriles is 1. The van der Waals surface area contributed by atoms with Crippen LogP contribution in [0.25, 0.3) is 0 Å². The monoisotopic (exact) mass is 305 g/mol. The van der Waals surface area contributed by atoms with Gasteiger partial charge in [-0.15, -0.1) is 11.3 Å². The Labute approximate surface area is 130 Å². The number of nitrogens with two attached hydrogens (primary N) is 1. The molecule has 1 aromatic heterocycles. The van der Waals surface area contributed by atoms with E-state index in [0.29, 0.717) is 5.56 Å². The van der Waals surface area contributed by atoms with Crippen molar-refractivity contribution in [3.8, 4) is 6.07 Å². The average molecular weight is 305 g/mol. The number of nitrogens with zero attached hydrogens (tertiary/aromatic N) is 1. The first kappa shape index (κ1) is 16.0. The fraction of sp³-hybridized carbons (Fsp3) is 0.625. The number of hydrogen-bond acceptors (Lipinski definition) is 4. The van der Waals surface area contributed by atoms with E-state index in [-0.39, 0.29) is 17.9 Å². The number of rotatable bonds is 6. The summed E-state index contributed by atoms with van der Waals surface area (Å²) in [6.45, 7) is 3.92. The number of aryl methyl sites for hydroxylation is 1. The van der Waals surface area contributed by atoms with Gasteiger partial charge in [0.15, 0.2) is 0 Å². The third-order valence-corrected chi connectivity index (χ3v) is 5.22. The summed E-state index contributed by atoms with van der Waals surface area (Å²) >= 11 is 1.57. The lowest BCUT2D eigenvalue weighted by Crippen LogP contribution is -2.21. The maximum atomic E-state index is 12.2. The summed E-state index contributed by atoms with van der Waals surface area (Å²) in [7, 11) is 0. The Balaban J connectivity index is 1.95. The average Bonchev–Trinajstić information content (AvgIpc) is 2.98. The van der Waals surface area contributed by atoms with Gasteiger partial charge in [0.05, 0.1) is 5.56 Å². The van der Waals surface area contributed by atoms with Crippen molar-refractivity contribution in [3.63, 3.8) is 0 Å². The van der Waals surface area contributed by atoms with Crippen LogP contribution in [0, 0.1) is 17.2 Å². The summed E-state index contributed by atoms with van der Waals surface area (Å²) < 4.78 is 0. The lowest BCUT2D eigenvalue weighted by molar-refractivity contribution is -0.119. The summed E-state index contributed by atoms with van der Waals surface area (Å²) in [4.78, 5) is 13.5. The second-order valence-electron chi connectivity index (χ2n) is 5.97. The molecule has 3 N–H and O–H groups in total. The second kappa shape index (κ2) is 7.06. The maximum Gasteiger partial charge on any atom is 0.227 e. The minimum Gasteiger partial charge on any atom is -0.328 e. The first-order valence-corrected chi connectivity index (χ1v) is 8.45. The molecule has 4 nitrogen and oxygen atoms in total. The van der Waals surface area contributed by atoms with Crippen molar-refractivity contribution in [2.45, 2.75) is 58.4 Å². The van der Waals surface area contributed by atoms with Gasteiger partial charge in [-0.25, -0.2) is 0 Å². The molecule has 0 radical (unpaired) electrons. The summed E-state index contributed by atoms with van der Waals surface area (Å²) in [5.74, 6) is -0.0386. The highest BCUT2D eigenvalue weighted by atomic mass is 32.1. The van der Waals surface area contributed by atoms with Gasteiger partial charge >= 0.3 is 0 Å². The summed E-state index contributed by atoms with van der Waals surface area (Å²) in [6, 6.07) is 2.44. The molecule has 1 heterocycles. The summed E-state index contributed by atoms with van der Waals surface area (Å²) in [5, 5.41) is 13.0. The van der Waals surface area contributed by atoms with Gasteiger partial charge < -0.3 is 11.1 Å². The van der Waals surface area contributed by atoms with Crippen LogP contribution in [0.15, 0.2) is 0 Å². The van der Waals surface area contributed by atoms with E-state index in [4.69, 9.17) is 5.73 Å². The Bertz CT molecular complexity index is 557. The summed E-state index contributed by atoms with van der Waals surface area (Å²) in [5.41, 5.74) is 7.56. The van der Waals surface area contributed by atoms with E-state index in [0.717, 1.165) is 49.1 Å². The smallest absolute Gasteiger partial charge is 0.227 e. The van der Waals surface area contributed by atoms with Gasteiger partial charge in [-0.2, -0.15) is 5.26 Å². The SMILES string of the molecule is CC(N)CCCC(C)C(=O)Nc1sc2c(c1C#N)CCC2. The van der Waals surface area contributed by atoms with Crippen molar-refractivity contribution >= 4 is 22.2 Å². The van der Waals surface area contributed by atoms with Crippen LogP contribution in [0.4, 0.5) is 5.00 Å². The van der Waals surface area contributed by atoms with Gasteiger partial charge in [-0.1, -0.05) is 13.3 Å². The highest BCUT2D eigenvalue weighted by molar-refractivity contribution is 7.16. The molecule has 1 amide bonds. The molecule has 114 valence electrons. The number of fused-ring (bicyclic) bond motifs is 1. The topological polar surface area (TPSA) is 78.9 Å². The molecule has 0 aliphatic heterocycles. The van der Waals surface area contributed by atoms with Gasteiger partial charge in [-0.05, 0) is 44.6 Å². The predicted molar refractivity (Wildman–Crippen MR) is 86.4 cm³/mol. The molecule has 0 bridgehead atoms. The molecular weight excluding hydrogens is 282 g/mol. The zero-order chi connectivity index (χ0) is 15.4.